The van der Waals surface area contributed by atoms with Crippen molar-refractivity contribution in [3.8, 4) is 0 Å². The number of rotatable bonds is 10. The number of thioether (sulfide) groups is 1. The maximum atomic E-state index is 12.3. The zero-order chi connectivity index (χ0) is 20.5. The monoisotopic (exact) mass is 430 g/mol. The molecule has 8 heteroatoms. The Morgan fingerprint density at radius 3 is 2.41 bits per heavy atom. The van der Waals surface area contributed by atoms with E-state index >= 15 is 0 Å². The van der Waals surface area contributed by atoms with Crippen LogP contribution in [-0.2, 0) is 16.6 Å². The summed E-state index contributed by atoms with van der Waals surface area (Å²) in [7, 11) is -3.67. The molecule has 0 unspecified atom stereocenters. The van der Waals surface area contributed by atoms with Crippen molar-refractivity contribution in [2.24, 2.45) is 0 Å². The number of amides is 1. The third-order valence-electron chi connectivity index (χ3n) is 4.06. The van der Waals surface area contributed by atoms with E-state index in [1.54, 1.807) is 23.9 Å². The van der Waals surface area contributed by atoms with Gasteiger partial charge in [0.2, 0.25) is 10.0 Å². The van der Waals surface area contributed by atoms with E-state index in [4.69, 9.17) is 4.42 Å². The lowest BCUT2D eigenvalue weighted by Gasteiger charge is -2.08. The molecule has 0 aliphatic rings. The molecule has 0 spiro atoms. The summed E-state index contributed by atoms with van der Waals surface area (Å²) < 4.78 is 32.2. The molecule has 0 aliphatic heterocycles. The van der Waals surface area contributed by atoms with E-state index < -0.39 is 10.0 Å². The summed E-state index contributed by atoms with van der Waals surface area (Å²) in [6.07, 6.45) is 2.33. The van der Waals surface area contributed by atoms with Crippen molar-refractivity contribution in [1.82, 2.24) is 10.0 Å². The number of benzene rings is 2. The van der Waals surface area contributed by atoms with Crippen LogP contribution in [0.3, 0.4) is 0 Å². The fourth-order valence-electron chi connectivity index (χ4n) is 2.53. The number of carbonyl (C=O) groups excluding carboxylic acids is 1. The molecule has 29 heavy (non-hydrogen) atoms. The molecule has 0 fully saturated rings. The molecular weight excluding hydrogens is 408 g/mol. The Morgan fingerprint density at radius 1 is 0.966 bits per heavy atom. The highest BCUT2D eigenvalue weighted by Gasteiger charge is 2.15. The average molecular weight is 431 g/mol. The molecule has 152 valence electrons. The SMILES string of the molecule is O=C(NCCCSc1ccccc1)c1ccc(S(=O)(=O)NCc2ccco2)cc1. The van der Waals surface area contributed by atoms with Crippen LogP contribution in [-0.4, -0.2) is 26.6 Å². The van der Waals surface area contributed by atoms with Gasteiger partial charge in [0.1, 0.15) is 5.76 Å². The Hall–Kier alpha value is -2.55. The van der Waals surface area contributed by atoms with E-state index in [-0.39, 0.29) is 17.3 Å². The zero-order valence-corrected chi connectivity index (χ0v) is 17.3. The number of nitrogens with one attached hydrogen (secondary N) is 2. The van der Waals surface area contributed by atoms with Gasteiger partial charge in [0.15, 0.2) is 0 Å². The summed E-state index contributed by atoms with van der Waals surface area (Å²) >= 11 is 1.74. The number of carbonyl (C=O) groups is 1. The highest BCUT2D eigenvalue weighted by Crippen LogP contribution is 2.17. The highest BCUT2D eigenvalue weighted by atomic mass is 32.2. The summed E-state index contributed by atoms with van der Waals surface area (Å²) in [5, 5.41) is 2.86. The minimum atomic E-state index is -3.67. The average Bonchev–Trinajstić information content (AvgIpc) is 3.27. The van der Waals surface area contributed by atoms with Crippen LogP contribution in [0, 0.1) is 0 Å². The van der Waals surface area contributed by atoms with Crippen molar-refractivity contribution in [3.63, 3.8) is 0 Å². The topological polar surface area (TPSA) is 88.4 Å². The van der Waals surface area contributed by atoms with Gasteiger partial charge in [-0.2, -0.15) is 0 Å². The summed E-state index contributed by atoms with van der Waals surface area (Å²) in [6.45, 7) is 0.627. The Bertz CT molecular complexity index is 1000. The fourth-order valence-corrected chi connectivity index (χ4v) is 4.40. The molecule has 1 amide bonds. The first-order valence-corrected chi connectivity index (χ1v) is 11.6. The maximum Gasteiger partial charge on any atom is 0.251 e. The van der Waals surface area contributed by atoms with Crippen LogP contribution >= 0.6 is 11.8 Å². The Labute approximate surface area is 174 Å². The van der Waals surface area contributed by atoms with Gasteiger partial charge in [0, 0.05) is 17.0 Å². The second kappa shape index (κ2) is 10.3. The van der Waals surface area contributed by atoms with Gasteiger partial charge in [0.25, 0.3) is 5.91 Å². The lowest BCUT2D eigenvalue weighted by atomic mass is 10.2. The van der Waals surface area contributed by atoms with Crippen molar-refractivity contribution in [2.45, 2.75) is 22.8 Å². The summed E-state index contributed by atoms with van der Waals surface area (Å²) in [5.41, 5.74) is 0.422. The van der Waals surface area contributed by atoms with E-state index in [0.29, 0.717) is 17.9 Å². The molecule has 0 aliphatic carbocycles. The summed E-state index contributed by atoms with van der Waals surface area (Å²) in [4.78, 5) is 13.5. The molecule has 0 saturated heterocycles. The molecule has 3 aromatic rings. The number of hydrogen-bond donors (Lipinski definition) is 2. The minimum absolute atomic E-state index is 0.0680. The molecule has 0 radical (unpaired) electrons. The van der Waals surface area contributed by atoms with E-state index in [9.17, 15) is 13.2 Å². The molecule has 2 N–H and O–H groups in total. The van der Waals surface area contributed by atoms with Crippen molar-refractivity contribution >= 4 is 27.7 Å². The van der Waals surface area contributed by atoms with Gasteiger partial charge < -0.3 is 9.73 Å². The molecule has 1 aromatic heterocycles. The number of sulfonamides is 1. The molecule has 2 aromatic carbocycles. The van der Waals surface area contributed by atoms with Crippen molar-refractivity contribution < 1.29 is 17.6 Å². The van der Waals surface area contributed by atoms with Crippen LogP contribution in [0.5, 0.6) is 0 Å². The van der Waals surface area contributed by atoms with E-state index in [2.05, 4.69) is 22.2 Å². The molecule has 0 saturated carbocycles. The predicted molar refractivity (Wildman–Crippen MR) is 113 cm³/mol. The lowest BCUT2D eigenvalue weighted by Crippen LogP contribution is -2.25. The van der Waals surface area contributed by atoms with Crippen molar-refractivity contribution in [3.05, 3.63) is 84.3 Å². The Morgan fingerprint density at radius 2 is 1.72 bits per heavy atom. The van der Waals surface area contributed by atoms with Gasteiger partial charge in [-0.05, 0) is 60.7 Å². The standard InChI is InChI=1S/C21H22N2O4S2/c24-21(22-13-5-15-28-19-7-2-1-3-8-19)17-9-11-20(12-10-17)29(25,26)23-16-18-6-4-14-27-18/h1-4,6-12,14,23H,5,13,15-16H2,(H,22,24). The molecule has 6 nitrogen and oxygen atoms in total. The zero-order valence-electron chi connectivity index (χ0n) is 15.7. The van der Waals surface area contributed by atoms with Gasteiger partial charge in [-0.25, -0.2) is 13.1 Å². The second-order valence-corrected chi connectivity index (χ2v) is 9.13. The predicted octanol–water partition coefficient (Wildman–Crippen LogP) is 3.67. The summed E-state index contributed by atoms with van der Waals surface area (Å²) in [6, 6.07) is 19.3. The smallest absolute Gasteiger partial charge is 0.251 e. The van der Waals surface area contributed by atoms with E-state index in [1.165, 1.54) is 35.4 Å². The quantitative estimate of drug-likeness (QED) is 0.378. The Balaban J connectivity index is 1.44. The van der Waals surface area contributed by atoms with Crippen LogP contribution in [0.15, 0.2) is 87.2 Å². The van der Waals surface area contributed by atoms with Gasteiger partial charge >= 0.3 is 0 Å². The second-order valence-electron chi connectivity index (χ2n) is 6.20. The van der Waals surface area contributed by atoms with Gasteiger partial charge in [-0.3, -0.25) is 4.79 Å². The number of furan rings is 1. The fraction of sp³-hybridized carbons (Fsp3) is 0.190. The van der Waals surface area contributed by atoms with Gasteiger partial charge in [0.05, 0.1) is 17.7 Å². The molecule has 0 bridgehead atoms. The van der Waals surface area contributed by atoms with Gasteiger partial charge in [-0.1, -0.05) is 18.2 Å². The minimum Gasteiger partial charge on any atom is -0.468 e. The van der Waals surface area contributed by atoms with Crippen LogP contribution in [0.25, 0.3) is 0 Å². The van der Waals surface area contributed by atoms with Crippen LogP contribution < -0.4 is 10.0 Å². The van der Waals surface area contributed by atoms with E-state index in [1.807, 2.05) is 18.2 Å². The first kappa shape index (κ1) is 21.2. The molecule has 0 atom stereocenters. The van der Waals surface area contributed by atoms with Crippen LogP contribution in [0.4, 0.5) is 0 Å². The number of hydrogen-bond acceptors (Lipinski definition) is 5. The normalized spacial score (nSPS) is 11.3. The lowest BCUT2D eigenvalue weighted by molar-refractivity contribution is 0.0953. The molecule has 1 heterocycles. The van der Waals surface area contributed by atoms with E-state index in [0.717, 1.165) is 12.2 Å². The first-order valence-electron chi connectivity index (χ1n) is 9.13. The third-order valence-corrected chi connectivity index (χ3v) is 6.58. The highest BCUT2D eigenvalue weighted by molar-refractivity contribution is 7.99. The third kappa shape index (κ3) is 6.49. The Kier molecular flexibility index (Phi) is 7.51. The largest absolute Gasteiger partial charge is 0.468 e. The first-order chi connectivity index (χ1) is 14.0. The maximum absolute atomic E-state index is 12.3. The van der Waals surface area contributed by atoms with Crippen LogP contribution in [0.1, 0.15) is 22.5 Å². The molecule has 3 rings (SSSR count). The van der Waals surface area contributed by atoms with Crippen LogP contribution in [0.2, 0.25) is 0 Å². The van der Waals surface area contributed by atoms with Gasteiger partial charge in [-0.15, -0.1) is 11.8 Å². The summed E-state index contributed by atoms with van der Waals surface area (Å²) in [5.74, 6) is 1.21. The van der Waals surface area contributed by atoms with Crippen molar-refractivity contribution in [2.75, 3.05) is 12.3 Å². The molecular formula is C21H22N2O4S2. The van der Waals surface area contributed by atoms with Crippen molar-refractivity contribution in [1.29, 1.82) is 0 Å².